The van der Waals surface area contributed by atoms with E-state index in [2.05, 4.69) is 24.4 Å². The van der Waals surface area contributed by atoms with Crippen LogP contribution in [0, 0.1) is 6.92 Å². The Bertz CT molecular complexity index is 403. The molecular formula is C10H10OS. The Labute approximate surface area is 75.3 Å². The zero-order valence-electron chi connectivity index (χ0n) is 6.87. The van der Waals surface area contributed by atoms with Gasteiger partial charge in [0.1, 0.15) is 0 Å². The van der Waals surface area contributed by atoms with E-state index < -0.39 is 0 Å². The van der Waals surface area contributed by atoms with Crippen molar-refractivity contribution in [3.63, 3.8) is 0 Å². The Morgan fingerprint density at radius 3 is 2.92 bits per heavy atom. The Morgan fingerprint density at radius 1 is 1.33 bits per heavy atom. The van der Waals surface area contributed by atoms with Crippen molar-refractivity contribution in [2.24, 2.45) is 0 Å². The van der Waals surface area contributed by atoms with E-state index in [0.717, 1.165) is 5.56 Å². The van der Waals surface area contributed by atoms with Crippen LogP contribution in [-0.2, 0) is 6.61 Å². The second kappa shape index (κ2) is 2.88. The number of aliphatic hydroxyl groups is 1. The number of benzene rings is 1. The topological polar surface area (TPSA) is 20.2 Å². The average Bonchev–Trinajstić information content (AvgIpc) is 2.53. The Kier molecular flexibility index (Phi) is 1.87. The van der Waals surface area contributed by atoms with Gasteiger partial charge in [-0.05, 0) is 34.9 Å². The lowest BCUT2D eigenvalue weighted by atomic mass is 10.1. The molecule has 0 spiro atoms. The van der Waals surface area contributed by atoms with Crippen LogP contribution in [0.15, 0.2) is 23.6 Å². The predicted molar refractivity (Wildman–Crippen MR) is 52.5 cm³/mol. The number of hydrogen-bond acceptors (Lipinski definition) is 2. The van der Waals surface area contributed by atoms with E-state index in [0.29, 0.717) is 0 Å². The summed E-state index contributed by atoms with van der Waals surface area (Å²) in [6.07, 6.45) is 0. The molecule has 1 aromatic heterocycles. The van der Waals surface area contributed by atoms with Crippen LogP contribution in [0.3, 0.4) is 0 Å². The predicted octanol–water partition coefficient (Wildman–Crippen LogP) is 2.70. The van der Waals surface area contributed by atoms with Crippen LogP contribution >= 0.6 is 11.3 Å². The van der Waals surface area contributed by atoms with Gasteiger partial charge in [0.25, 0.3) is 0 Å². The van der Waals surface area contributed by atoms with E-state index >= 15 is 0 Å². The van der Waals surface area contributed by atoms with Crippen molar-refractivity contribution in [1.82, 2.24) is 0 Å². The van der Waals surface area contributed by atoms with Crippen LogP contribution in [0.4, 0.5) is 0 Å². The second-order valence-electron chi connectivity index (χ2n) is 2.85. The first-order valence-electron chi connectivity index (χ1n) is 3.89. The summed E-state index contributed by atoms with van der Waals surface area (Å²) in [4.78, 5) is 0. The molecule has 0 saturated heterocycles. The minimum Gasteiger partial charge on any atom is -0.392 e. The van der Waals surface area contributed by atoms with E-state index in [-0.39, 0.29) is 6.61 Å². The normalized spacial score (nSPS) is 10.8. The van der Waals surface area contributed by atoms with Crippen LogP contribution in [0.5, 0.6) is 0 Å². The Balaban J connectivity index is 2.78. The van der Waals surface area contributed by atoms with Gasteiger partial charge in [0, 0.05) is 4.70 Å². The first-order chi connectivity index (χ1) is 5.83. The molecule has 1 aromatic carbocycles. The van der Waals surface area contributed by atoms with Crippen LogP contribution in [0.25, 0.3) is 10.1 Å². The van der Waals surface area contributed by atoms with Crippen LogP contribution < -0.4 is 0 Å². The van der Waals surface area contributed by atoms with E-state index in [1.54, 1.807) is 11.3 Å². The number of fused-ring (bicyclic) bond motifs is 1. The zero-order valence-corrected chi connectivity index (χ0v) is 7.69. The highest BCUT2D eigenvalue weighted by Crippen LogP contribution is 2.26. The summed E-state index contributed by atoms with van der Waals surface area (Å²) in [5.41, 5.74) is 2.25. The molecule has 1 N–H and O–H groups in total. The van der Waals surface area contributed by atoms with Gasteiger partial charge in [0.2, 0.25) is 0 Å². The molecule has 62 valence electrons. The summed E-state index contributed by atoms with van der Waals surface area (Å²) in [7, 11) is 0. The van der Waals surface area contributed by atoms with Crippen molar-refractivity contribution in [3.8, 4) is 0 Å². The van der Waals surface area contributed by atoms with Gasteiger partial charge in [-0.3, -0.25) is 0 Å². The van der Waals surface area contributed by atoms with Crippen molar-refractivity contribution in [2.45, 2.75) is 13.5 Å². The average molecular weight is 178 g/mol. The molecule has 1 heterocycles. The third kappa shape index (κ3) is 1.04. The highest BCUT2D eigenvalue weighted by atomic mass is 32.1. The largest absolute Gasteiger partial charge is 0.392 e. The van der Waals surface area contributed by atoms with Crippen molar-refractivity contribution < 1.29 is 5.11 Å². The minimum absolute atomic E-state index is 0.139. The molecule has 0 bridgehead atoms. The molecule has 12 heavy (non-hydrogen) atoms. The van der Waals surface area contributed by atoms with Crippen molar-refractivity contribution in [1.29, 1.82) is 0 Å². The van der Waals surface area contributed by atoms with Crippen LogP contribution in [0.2, 0.25) is 0 Å². The summed E-state index contributed by atoms with van der Waals surface area (Å²) >= 11 is 1.73. The molecule has 2 aromatic rings. The molecular weight excluding hydrogens is 168 g/mol. The number of hydrogen-bond donors (Lipinski definition) is 1. The molecule has 0 unspecified atom stereocenters. The third-order valence-electron chi connectivity index (χ3n) is 2.15. The Morgan fingerprint density at radius 2 is 2.17 bits per heavy atom. The maximum Gasteiger partial charge on any atom is 0.0684 e. The lowest BCUT2D eigenvalue weighted by Gasteiger charge is -2.02. The molecule has 0 atom stereocenters. The highest BCUT2D eigenvalue weighted by molar-refractivity contribution is 7.17. The van der Waals surface area contributed by atoms with Gasteiger partial charge < -0.3 is 5.11 Å². The first-order valence-corrected chi connectivity index (χ1v) is 4.77. The van der Waals surface area contributed by atoms with E-state index in [1.165, 1.54) is 15.6 Å². The number of rotatable bonds is 1. The zero-order chi connectivity index (χ0) is 8.55. The minimum atomic E-state index is 0.139. The lowest BCUT2D eigenvalue weighted by Crippen LogP contribution is -1.86. The summed E-state index contributed by atoms with van der Waals surface area (Å²) in [6.45, 7) is 2.20. The van der Waals surface area contributed by atoms with Gasteiger partial charge in [-0.25, -0.2) is 0 Å². The maximum absolute atomic E-state index is 9.02. The summed E-state index contributed by atoms with van der Waals surface area (Å²) < 4.78 is 1.29. The van der Waals surface area contributed by atoms with Crippen molar-refractivity contribution in [3.05, 3.63) is 34.7 Å². The fraction of sp³-hybridized carbons (Fsp3) is 0.200. The van der Waals surface area contributed by atoms with E-state index in [4.69, 9.17) is 5.11 Å². The molecule has 2 heteroatoms. The van der Waals surface area contributed by atoms with Gasteiger partial charge in [-0.2, -0.15) is 0 Å². The highest BCUT2D eigenvalue weighted by Gasteiger charge is 2.02. The molecule has 1 nitrogen and oxygen atoms in total. The monoisotopic (exact) mass is 178 g/mol. The third-order valence-corrected chi connectivity index (χ3v) is 3.20. The number of aryl methyl sites for hydroxylation is 1. The molecule has 0 aliphatic heterocycles. The fourth-order valence-electron chi connectivity index (χ4n) is 1.39. The first kappa shape index (κ1) is 7.77. The molecule has 0 radical (unpaired) electrons. The molecule has 0 saturated carbocycles. The van der Waals surface area contributed by atoms with Crippen molar-refractivity contribution >= 4 is 21.4 Å². The van der Waals surface area contributed by atoms with Gasteiger partial charge in [0.15, 0.2) is 0 Å². The maximum atomic E-state index is 9.02. The molecule has 0 amide bonds. The summed E-state index contributed by atoms with van der Waals surface area (Å²) in [5.74, 6) is 0. The quantitative estimate of drug-likeness (QED) is 0.711. The molecule has 2 rings (SSSR count). The van der Waals surface area contributed by atoms with Gasteiger partial charge in [0.05, 0.1) is 6.61 Å². The standard InChI is InChI=1S/C10H10OS/c1-7-9(6-11)3-2-8-4-5-12-10(7)8/h2-5,11H,6H2,1H3. The Hall–Kier alpha value is -0.860. The SMILES string of the molecule is Cc1c(CO)ccc2ccsc12. The van der Waals surface area contributed by atoms with Gasteiger partial charge in [-0.1, -0.05) is 12.1 Å². The second-order valence-corrected chi connectivity index (χ2v) is 3.76. The van der Waals surface area contributed by atoms with E-state index in [9.17, 15) is 0 Å². The number of aliphatic hydroxyl groups excluding tert-OH is 1. The summed E-state index contributed by atoms with van der Waals surface area (Å²) in [5, 5.41) is 12.4. The van der Waals surface area contributed by atoms with E-state index in [1.807, 2.05) is 6.07 Å². The summed E-state index contributed by atoms with van der Waals surface area (Å²) in [6, 6.07) is 6.16. The molecule has 0 aliphatic carbocycles. The smallest absolute Gasteiger partial charge is 0.0684 e. The molecule has 0 fully saturated rings. The lowest BCUT2D eigenvalue weighted by molar-refractivity contribution is 0.281. The fourth-order valence-corrected chi connectivity index (χ4v) is 2.32. The molecule has 0 aliphatic rings. The van der Waals surface area contributed by atoms with Crippen LogP contribution in [0.1, 0.15) is 11.1 Å². The van der Waals surface area contributed by atoms with Crippen molar-refractivity contribution in [2.75, 3.05) is 0 Å². The van der Waals surface area contributed by atoms with Crippen LogP contribution in [-0.4, -0.2) is 5.11 Å². The van der Waals surface area contributed by atoms with Gasteiger partial charge >= 0.3 is 0 Å². The number of thiophene rings is 1. The van der Waals surface area contributed by atoms with Gasteiger partial charge in [-0.15, -0.1) is 11.3 Å².